The van der Waals surface area contributed by atoms with Crippen LogP contribution in [0, 0.1) is 12.8 Å². The van der Waals surface area contributed by atoms with Crippen molar-refractivity contribution >= 4 is 17.3 Å². The molecule has 100 valence electrons. The van der Waals surface area contributed by atoms with Gasteiger partial charge in [-0.15, -0.1) is 0 Å². The molecule has 1 fully saturated rings. The maximum Gasteiger partial charge on any atom is 0.242 e. The molecule has 1 saturated carbocycles. The molecule has 0 bridgehead atoms. The summed E-state index contributed by atoms with van der Waals surface area (Å²) in [7, 11) is 0. The minimum absolute atomic E-state index is 0.195. The first-order valence-corrected chi connectivity index (χ1v) is 6.96. The fourth-order valence-electron chi connectivity index (χ4n) is 2.55. The van der Waals surface area contributed by atoms with Gasteiger partial charge < -0.3 is 10.5 Å². The van der Waals surface area contributed by atoms with Gasteiger partial charge in [-0.2, -0.15) is 4.98 Å². The quantitative estimate of drug-likeness (QED) is 0.855. The molecular weight excluding hydrogens is 250 g/mol. The van der Waals surface area contributed by atoms with E-state index in [-0.39, 0.29) is 11.4 Å². The standard InChI is InChI=1S/C13H20ClN3O/c1-3-9-6-4-5-7-10(9)18-12-11(15)8(2)16-13(14)17-12/h9-10H,3-7,15H2,1-2H3. The Bertz CT molecular complexity index is 425. The van der Waals surface area contributed by atoms with Gasteiger partial charge in [-0.3, -0.25) is 0 Å². The predicted octanol–water partition coefficient (Wildman–Crippen LogP) is 3.37. The number of rotatable bonds is 3. The summed E-state index contributed by atoms with van der Waals surface area (Å²) in [5.41, 5.74) is 7.12. The molecule has 0 saturated heterocycles. The monoisotopic (exact) mass is 269 g/mol. The lowest BCUT2D eigenvalue weighted by molar-refractivity contribution is 0.0865. The van der Waals surface area contributed by atoms with Crippen LogP contribution in [0.1, 0.15) is 44.7 Å². The van der Waals surface area contributed by atoms with Crippen LogP contribution in [-0.2, 0) is 0 Å². The lowest BCUT2D eigenvalue weighted by atomic mass is 9.85. The van der Waals surface area contributed by atoms with Crippen molar-refractivity contribution in [1.29, 1.82) is 0 Å². The second-order valence-corrected chi connectivity index (χ2v) is 5.24. The van der Waals surface area contributed by atoms with Gasteiger partial charge in [0.25, 0.3) is 0 Å². The van der Waals surface area contributed by atoms with Crippen LogP contribution in [0.2, 0.25) is 5.28 Å². The van der Waals surface area contributed by atoms with Crippen LogP contribution in [0.5, 0.6) is 5.88 Å². The summed E-state index contributed by atoms with van der Waals surface area (Å²) in [5.74, 6) is 1.03. The lowest BCUT2D eigenvalue weighted by Crippen LogP contribution is -2.30. The number of anilines is 1. The molecule has 1 heterocycles. The minimum Gasteiger partial charge on any atom is -0.472 e. The van der Waals surface area contributed by atoms with Crippen LogP contribution in [0.4, 0.5) is 5.69 Å². The van der Waals surface area contributed by atoms with Crippen molar-refractivity contribution in [2.24, 2.45) is 5.92 Å². The molecule has 0 aromatic carbocycles. The Balaban J connectivity index is 2.17. The van der Waals surface area contributed by atoms with Crippen molar-refractivity contribution < 1.29 is 4.74 Å². The first kappa shape index (κ1) is 13.4. The number of aromatic nitrogens is 2. The van der Waals surface area contributed by atoms with Crippen molar-refractivity contribution in [1.82, 2.24) is 9.97 Å². The van der Waals surface area contributed by atoms with Crippen LogP contribution >= 0.6 is 11.6 Å². The molecule has 1 aliphatic carbocycles. The third-order valence-corrected chi connectivity index (χ3v) is 3.87. The van der Waals surface area contributed by atoms with Gasteiger partial charge >= 0.3 is 0 Å². The summed E-state index contributed by atoms with van der Waals surface area (Å²) in [6.07, 6.45) is 6.12. The normalized spacial score (nSPS) is 23.9. The summed E-state index contributed by atoms with van der Waals surface area (Å²) in [4.78, 5) is 8.12. The molecule has 1 aliphatic rings. The van der Waals surface area contributed by atoms with Gasteiger partial charge in [0.15, 0.2) is 0 Å². The van der Waals surface area contributed by atoms with Crippen molar-refractivity contribution in [3.05, 3.63) is 11.0 Å². The summed E-state index contributed by atoms with van der Waals surface area (Å²) >= 11 is 5.85. The molecule has 5 heteroatoms. The number of aryl methyl sites for hydroxylation is 1. The second kappa shape index (κ2) is 5.74. The zero-order valence-corrected chi connectivity index (χ0v) is 11.7. The van der Waals surface area contributed by atoms with E-state index in [2.05, 4.69) is 16.9 Å². The second-order valence-electron chi connectivity index (χ2n) is 4.91. The molecule has 0 amide bonds. The van der Waals surface area contributed by atoms with Crippen molar-refractivity contribution in [2.75, 3.05) is 5.73 Å². The average Bonchev–Trinajstić information content (AvgIpc) is 2.36. The SMILES string of the molecule is CCC1CCCCC1Oc1nc(Cl)nc(C)c1N. The summed E-state index contributed by atoms with van der Waals surface area (Å²) in [6.45, 7) is 4.02. The minimum atomic E-state index is 0.195. The number of hydrogen-bond acceptors (Lipinski definition) is 4. The maximum atomic E-state index is 5.99. The van der Waals surface area contributed by atoms with Gasteiger partial charge in [0.2, 0.25) is 11.2 Å². The van der Waals surface area contributed by atoms with Crippen molar-refractivity contribution in [2.45, 2.75) is 52.1 Å². The van der Waals surface area contributed by atoms with Gasteiger partial charge in [0, 0.05) is 0 Å². The zero-order valence-electron chi connectivity index (χ0n) is 10.9. The van der Waals surface area contributed by atoms with Crippen LogP contribution in [0.25, 0.3) is 0 Å². The predicted molar refractivity (Wildman–Crippen MR) is 72.9 cm³/mol. The van der Waals surface area contributed by atoms with Gasteiger partial charge in [-0.05, 0) is 50.1 Å². The van der Waals surface area contributed by atoms with Gasteiger partial charge in [-0.25, -0.2) is 4.98 Å². The van der Waals surface area contributed by atoms with Gasteiger partial charge in [0.1, 0.15) is 11.8 Å². The number of halogens is 1. The summed E-state index contributed by atoms with van der Waals surface area (Å²) in [5, 5.41) is 0.195. The Labute approximate surface area is 113 Å². The first-order valence-electron chi connectivity index (χ1n) is 6.58. The number of ether oxygens (including phenoxy) is 1. The Morgan fingerprint density at radius 1 is 1.33 bits per heavy atom. The Kier molecular flexibility index (Phi) is 4.27. The summed E-state index contributed by atoms with van der Waals surface area (Å²) < 4.78 is 5.99. The average molecular weight is 270 g/mol. The first-order chi connectivity index (χ1) is 8.61. The Morgan fingerprint density at radius 3 is 2.78 bits per heavy atom. The highest BCUT2D eigenvalue weighted by molar-refractivity contribution is 6.28. The fraction of sp³-hybridized carbons (Fsp3) is 0.692. The molecule has 0 aliphatic heterocycles. The Hall–Kier alpha value is -1.03. The molecule has 2 unspecified atom stereocenters. The smallest absolute Gasteiger partial charge is 0.242 e. The number of hydrogen-bond donors (Lipinski definition) is 1. The van der Waals surface area contributed by atoms with E-state index in [0.29, 0.717) is 23.2 Å². The third kappa shape index (κ3) is 2.86. The number of nitrogen functional groups attached to an aromatic ring is 1. The van der Waals surface area contributed by atoms with E-state index in [9.17, 15) is 0 Å². The largest absolute Gasteiger partial charge is 0.472 e. The fourth-order valence-corrected chi connectivity index (χ4v) is 2.75. The molecule has 0 radical (unpaired) electrons. The van der Waals surface area contributed by atoms with E-state index in [1.807, 2.05) is 6.92 Å². The summed E-state index contributed by atoms with van der Waals surface area (Å²) in [6, 6.07) is 0. The van der Waals surface area contributed by atoms with E-state index >= 15 is 0 Å². The van der Waals surface area contributed by atoms with Crippen LogP contribution in [0.15, 0.2) is 0 Å². The van der Waals surface area contributed by atoms with E-state index in [1.54, 1.807) is 0 Å². The molecular formula is C13H20ClN3O. The highest BCUT2D eigenvalue weighted by Crippen LogP contribution is 2.32. The maximum absolute atomic E-state index is 5.99. The molecule has 2 atom stereocenters. The molecule has 2 rings (SSSR count). The number of nitrogens with zero attached hydrogens (tertiary/aromatic N) is 2. The molecule has 18 heavy (non-hydrogen) atoms. The molecule has 1 aromatic heterocycles. The van der Waals surface area contributed by atoms with Crippen molar-refractivity contribution in [3.63, 3.8) is 0 Å². The van der Waals surface area contributed by atoms with E-state index in [4.69, 9.17) is 22.1 Å². The lowest BCUT2D eigenvalue weighted by Gasteiger charge is -2.31. The highest BCUT2D eigenvalue weighted by atomic mass is 35.5. The highest BCUT2D eigenvalue weighted by Gasteiger charge is 2.26. The Morgan fingerprint density at radius 2 is 2.06 bits per heavy atom. The van der Waals surface area contributed by atoms with E-state index in [0.717, 1.165) is 12.8 Å². The molecule has 0 spiro atoms. The number of nitrogens with two attached hydrogens (primary N) is 1. The van der Waals surface area contributed by atoms with E-state index < -0.39 is 0 Å². The van der Waals surface area contributed by atoms with Crippen LogP contribution in [-0.4, -0.2) is 16.1 Å². The van der Waals surface area contributed by atoms with E-state index in [1.165, 1.54) is 19.3 Å². The van der Waals surface area contributed by atoms with Crippen LogP contribution < -0.4 is 10.5 Å². The molecule has 1 aromatic rings. The molecule has 2 N–H and O–H groups in total. The van der Waals surface area contributed by atoms with Gasteiger partial charge in [0.05, 0.1) is 5.69 Å². The van der Waals surface area contributed by atoms with Crippen LogP contribution in [0.3, 0.4) is 0 Å². The topological polar surface area (TPSA) is 61.0 Å². The molecule has 4 nitrogen and oxygen atoms in total. The third-order valence-electron chi connectivity index (χ3n) is 3.70. The van der Waals surface area contributed by atoms with Gasteiger partial charge in [-0.1, -0.05) is 13.3 Å². The van der Waals surface area contributed by atoms with Crippen molar-refractivity contribution in [3.8, 4) is 5.88 Å². The zero-order chi connectivity index (χ0) is 13.1.